The van der Waals surface area contributed by atoms with Crippen molar-refractivity contribution >= 4 is 29.2 Å². The third-order valence-electron chi connectivity index (χ3n) is 4.37. The van der Waals surface area contributed by atoms with Gasteiger partial charge in [0, 0.05) is 15.5 Å². The fourth-order valence-electron chi connectivity index (χ4n) is 3.20. The summed E-state index contributed by atoms with van der Waals surface area (Å²) in [6.45, 7) is 6.16. The zero-order valence-electron chi connectivity index (χ0n) is 13.4. The third kappa shape index (κ3) is 3.54. The van der Waals surface area contributed by atoms with E-state index in [-0.39, 0.29) is 11.8 Å². The molecule has 1 N–H and O–H groups in total. The minimum absolute atomic E-state index is 0.0141. The lowest BCUT2D eigenvalue weighted by atomic mass is 9.57. The molecule has 2 aromatic carbocycles. The van der Waals surface area contributed by atoms with Crippen molar-refractivity contribution in [3.8, 4) is 0 Å². The highest BCUT2D eigenvalue weighted by atomic mass is 35.5. The second kappa shape index (κ2) is 6.54. The van der Waals surface area contributed by atoms with Gasteiger partial charge >= 0.3 is 5.97 Å². The second-order valence-corrected chi connectivity index (χ2v) is 7.61. The predicted octanol–water partition coefficient (Wildman–Crippen LogP) is 5.80. The molecule has 0 saturated heterocycles. The summed E-state index contributed by atoms with van der Waals surface area (Å²) in [5.74, 6) is -0.843. The number of carboxylic acid groups (broad SMARTS) is 1. The van der Waals surface area contributed by atoms with Gasteiger partial charge in [-0.15, -0.1) is 0 Å². The monoisotopic (exact) mass is 350 g/mol. The summed E-state index contributed by atoms with van der Waals surface area (Å²) in [7, 11) is 0. The maximum atomic E-state index is 11.7. The first-order valence-electron chi connectivity index (χ1n) is 7.41. The van der Waals surface area contributed by atoms with E-state index in [0.717, 1.165) is 11.1 Å². The minimum atomic E-state index is -0.843. The highest BCUT2D eigenvalue weighted by Crippen LogP contribution is 2.49. The van der Waals surface area contributed by atoms with Crippen LogP contribution in [0.25, 0.3) is 0 Å². The molecule has 0 fully saturated rings. The molecule has 23 heavy (non-hydrogen) atoms. The minimum Gasteiger partial charge on any atom is -0.481 e. The van der Waals surface area contributed by atoms with Gasteiger partial charge in [-0.05, 0) is 40.8 Å². The first kappa shape index (κ1) is 17.8. The fraction of sp³-hybridized carbons (Fsp3) is 0.316. The molecule has 4 heteroatoms. The van der Waals surface area contributed by atoms with Gasteiger partial charge in [0.05, 0.1) is 6.42 Å². The Balaban J connectivity index is 2.76. The van der Waals surface area contributed by atoms with Crippen molar-refractivity contribution in [2.24, 2.45) is 5.41 Å². The van der Waals surface area contributed by atoms with Crippen molar-refractivity contribution in [2.45, 2.75) is 32.6 Å². The Morgan fingerprint density at radius 1 is 0.870 bits per heavy atom. The van der Waals surface area contributed by atoms with E-state index in [9.17, 15) is 9.90 Å². The topological polar surface area (TPSA) is 37.3 Å². The van der Waals surface area contributed by atoms with E-state index in [0.29, 0.717) is 10.0 Å². The van der Waals surface area contributed by atoms with Gasteiger partial charge in [0.1, 0.15) is 0 Å². The zero-order chi connectivity index (χ0) is 17.3. The molecular formula is C19H20Cl2O2. The average molecular weight is 351 g/mol. The third-order valence-corrected chi connectivity index (χ3v) is 4.87. The Bertz CT molecular complexity index is 637. The predicted molar refractivity (Wildman–Crippen MR) is 95.4 cm³/mol. The van der Waals surface area contributed by atoms with Crippen molar-refractivity contribution in [2.75, 3.05) is 0 Å². The molecule has 0 saturated carbocycles. The number of halogens is 2. The number of hydrogen-bond donors (Lipinski definition) is 1. The van der Waals surface area contributed by atoms with Crippen LogP contribution in [0, 0.1) is 5.41 Å². The molecule has 0 aliphatic rings. The molecule has 2 nitrogen and oxygen atoms in total. The zero-order valence-corrected chi connectivity index (χ0v) is 14.9. The quantitative estimate of drug-likeness (QED) is 0.756. The number of carbonyl (C=O) groups is 1. The van der Waals surface area contributed by atoms with Crippen LogP contribution in [-0.2, 0) is 10.2 Å². The van der Waals surface area contributed by atoms with Gasteiger partial charge < -0.3 is 5.11 Å². The molecule has 0 spiro atoms. The Kier molecular flexibility index (Phi) is 5.07. The standard InChI is InChI=1S/C19H20Cl2O2/c1-18(2,3)19(12-17(22)23,13-4-8-15(20)9-5-13)14-6-10-16(21)11-7-14/h4-11H,12H2,1-3H3,(H,22,23). The molecular weight excluding hydrogens is 331 g/mol. The molecule has 0 amide bonds. The lowest BCUT2D eigenvalue weighted by Crippen LogP contribution is -2.43. The van der Waals surface area contributed by atoms with Crippen LogP contribution in [0.4, 0.5) is 0 Å². The van der Waals surface area contributed by atoms with Crippen molar-refractivity contribution < 1.29 is 9.90 Å². The summed E-state index contributed by atoms with van der Waals surface area (Å²) in [6, 6.07) is 14.8. The van der Waals surface area contributed by atoms with Crippen LogP contribution in [0.3, 0.4) is 0 Å². The molecule has 0 unspecified atom stereocenters. The molecule has 0 aliphatic carbocycles. The molecule has 0 atom stereocenters. The molecule has 0 radical (unpaired) electrons. The number of rotatable bonds is 4. The van der Waals surface area contributed by atoms with E-state index in [2.05, 4.69) is 20.8 Å². The largest absolute Gasteiger partial charge is 0.481 e. The maximum Gasteiger partial charge on any atom is 0.304 e. The number of aliphatic carboxylic acids is 1. The highest BCUT2D eigenvalue weighted by molar-refractivity contribution is 6.30. The van der Waals surface area contributed by atoms with Gasteiger partial charge in [-0.25, -0.2) is 0 Å². The average Bonchev–Trinajstić information content (AvgIpc) is 2.45. The van der Waals surface area contributed by atoms with Gasteiger partial charge in [0.2, 0.25) is 0 Å². The van der Waals surface area contributed by atoms with Gasteiger partial charge in [0.15, 0.2) is 0 Å². The van der Waals surface area contributed by atoms with E-state index >= 15 is 0 Å². The Morgan fingerprint density at radius 3 is 1.48 bits per heavy atom. The summed E-state index contributed by atoms with van der Waals surface area (Å²) in [5, 5.41) is 10.8. The Labute approximate surface area is 147 Å². The van der Waals surface area contributed by atoms with Crippen LogP contribution >= 0.6 is 23.2 Å². The fourth-order valence-corrected chi connectivity index (χ4v) is 3.45. The smallest absolute Gasteiger partial charge is 0.304 e. The lowest BCUT2D eigenvalue weighted by Gasteiger charge is -2.45. The van der Waals surface area contributed by atoms with Crippen LogP contribution in [-0.4, -0.2) is 11.1 Å². The summed E-state index contributed by atoms with van der Waals surface area (Å²) in [5.41, 5.74) is 0.847. The molecule has 122 valence electrons. The van der Waals surface area contributed by atoms with E-state index in [1.54, 1.807) is 24.3 Å². The van der Waals surface area contributed by atoms with Crippen molar-refractivity contribution in [3.63, 3.8) is 0 Å². The number of carboxylic acids is 1. The first-order valence-corrected chi connectivity index (χ1v) is 8.16. The number of hydrogen-bond acceptors (Lipinski definition) is 1. The highest BCUT2D eigenvalue weighted by Gasteiger charge is 2.46. The summed E-state index contributed by atoms with van der Waals surface area (Å²) in [6.07, 6.45) is -0.0141. The Morgan fingerprint density at radius 2 is 1.22 bits per heavy atom. The van der Waals surface area contributed by atoms with Crippen LogP contribution < -0.4 is 0 Å². The summed E-state index contributed by atoms with van der Waals surface area (Å²) < 4.78 is 0. The SMILES string of the molecule is CC(C)(C)C(CC(=O)O)(c1ccc(Cl)cc1)c1ccc(Cl)cc1. The maximum absolute atomic E-state index is 11.7. The van der Waals surface area contributed by atoms with E-state index < -0.39 is 11.4 Å². The molecule has 0 heterocycles. The molecule has 2 rings (SSSR count). The first-order chi connectivity index (χ1) is 10.7. The normalized spacial score (nSPS) is 12.2. The van der Waals surface area contributed by atoms with Crippen LogP contribution in [0.2, 0.25) is 10.0 Å². The van der Waals surface area contributed by atoms with E-state index in [1.807, 2.05) is 24.3 Å². The van der Waals surface area contributed by atoms with Crippen LogP contribution in [0.1, 0.15) is 38.3 Å². The lowest BCUT2D eigenvalue weighted by molar-refractivity contribution is -0.139. The summed E-state index contributed by atoms with van der Waals surface area (Å²) >= 11 is 12.0. The van der Waals surface area contributed by atoms with Gasteiger partial charge in [-0.3, -0.25) is 4.79 Å². The molecule has 0 bridgehead atoms. The van der Waals surface area contributed by atoms with Gasteiger partial charge in [-0.2, -0.15) is 0 Å². The second-order valence-electron chi connectivity index (χ2n) is 6.74. The molecule has 0 aromatic heterocycles. The molecule has 2 aromatic rings. The van der Waals surface area contributed by atoms with Crippen molar-refractivity contribution in [1.29, 1.82) is 0 Å². The molecule has 0 aliphatic heterocycles. The van der Waals surface area contributed by atoms with Gasteiger partial charge in [-0.1, -0.05) is 68.2 Å². The van der Waals surface area contributed by atoms with Crippen molar-refractivity contribution in [3.05, 3.63) is 69.7 Å². The summed E-state index contributed by atoms with van der Waals surface area (Å²) in [4.78, 5) is 11.7. The van der Waals surface area contributed by atoms with Crippen molar-refractivity contribution in [1.82, 2.24) is 0 Å². The van der Waals surface area contributed by atoms with E-state index in [4.69, 9.17) is 23.2 Å². The van der Waals surface area contributed by atoms with E-state index in [1.165, 1.54) is 0 Å². The van der Waals surface area contributed by atoms with Crippen LogP contribution in [0.15, 0.2) is 48.5 Å². The Hall–Kier alpha value is -1.51. The van der Waals surface area contributed by atoms with Crippen LogP contribution in [0.5, 0.6) is 0 Å². The van der Waals surface area contributed by atoms with Gasteiger partial charge in [0.25, 0.3) is 0 Å². The number of benzene rings is 2.